The third-order valence-corrected chi connectivity index (χ3v) is 5.61. The molecule has 0 fully saturated rings. The average Bonchev–Trinajstić information content (AvgIpc) is 2.65. The summed E-state index contributed by atoms with van der Waals surface area (Å²) in [6, 6.07) is 8.86. The molecular formula is C21H27N3OS. The molecule has 0 radical (unpaired) electrons. The highest BCUT2D eigenvalue weighted by Gasteiger charge is 2.21. The van der Waals surface area contributed by atoms with E-state index in [1.54, 1.807) is 16.8 Å². The standard InChI is InChI=1S/C21H27N3OS/c1-5-26-23-21(14(2)3)18-11-17(12-22-13-18)15-6-8-19-16(10-15)7-9-20(25)24(19)4/h6,8,10-14,21,23H,5,7,9H2,1-4H3. The molecule has 5 heteroatoms. The molecule has 1 amide bonds. The lowest BCUT2D eigenvalue weighted by Crippen LogP contribution is -2.30. The molecule has 1 N–H and O–H groups in total. The van der Waals surface area contributed by atoms with Crippen LogP contribution in [0, 0.1) is 5.92 Å². The van der Waals surface area contributed by atoms with Crippen molar-refractivity contribution in [3.63, 3.8) is 0 Å². The molecule has 0 bridgehead atoms. The van der Waals surface area contributed by atoms with E-state index in [1.165, 1.54) is 11.1 Å². The van der Waals surface area contributed by atoms with Crippen molar-refractivity contribution in [1.29, 1.82) is 0 Å². The first-order chi connectivity index (χ1) is 12.5. The zero-order valence-corrected chi connectivity index (χ0v) is 16.8. The van der Waals surface area contributed by atoms with Crippen molar-refractivity contribution in [2.75, 3.05) is 17.7 Å². The quantitative estimate of drug-likeness (QED) is 0.755. The molecule has 0 saturated heterocycles. The Bertz CT molecular complexity index is 791. The number of pyridine rings is 1. The molecule has 0 aliphatic carbocycles. The molecule has 0 saturated carbocycles. The van der Waals surface area contributed by atoms with Gasteiger partial charge in [0, 0.05) is 48.9 Å². The van der Waals surface area contributed by atoms with Gasteiger partial charge in [0.15, 0.2) is 0 Å². The van der Waals surface area contributed by atoms with Gasteiger partial charge < -0.3 is 4.90 Å². The van der Waals surface area contributed by atoms with Gasteiger partial charge in [-0.3, -0.25) is 14.5 Å². The van der Waals surface area contributed by atoms with Gasteiger partial charge in [0.1, 0.15) is 0 Å². The van der Waals surface area contributed by atoms with Crippen LogP contribution >= 0.6 is 11.9 Å². The lowest BCUT2D eigenvalue weighted by Gasteiger charge is -2.26. The predicted octanol–water partition coefficient (Wildman–Crippen LogP) is 4.61. The number of anilines is 1. The van der Waals surface area contributed by atoms with Crippen molar-refractivity contribution in [3.05, 3.63) is 47.8 Å². The topological polar surface area (TPSA) is 45.2 Å². The SMILES string of the molecule is CCSNC(c1cncc(-c2ccc3c(c2)CCC(=O)N3C)c1)C(C)C. The van der Waals surface area contributed by atoms with Gasteiger partial charge in [0.05, 0.1) is 0 Å². The monoisotopic (exact) mass is 369 g/mol. The summed E-state index contributed by atoms with van der Waals surface area (Å²) in [7, 11) is 1.85. The van der Waals surface area contributed by atoms with E-state index in [0.29, 0.717) is 12.3 Å². The highest BCUT2D eigenvalue weighted by atomic mass is 32.2. The van der Waals surface area contributed by atoms with E-state index in [9.17, 15) is 4.79 Å². The van der Waals surface area contributed by atoms with Gasteiger partial charge in [-0.25, -0.2) is 0 Å². The molecule has 1 atom stereocenters. The second-order valence-corrected chi connectivity index (χ2v) is 8.18. The number of carbonyl (C=O) groups excluding carboxylic acids is 1. The minimum absolute atomic E-state index is 0.188. The number of rotatable bonds is 6. The Labute approximate surface area is 160 Å². The van der Waals surface area contributed by atoms with Crippen molar-refractivity contribution in [2.24, 2.45) is 5.92 Å². The van der Waals surface area contributed by atoms with Crippen molar-refractivity contribution in [3.8, 4) is 11.1 Å². The lowest BCUT2D eigenvalue weighted by molar-refractivity contribution is -0.118. The predicted molar refractivity (Wildman–Crippen MR) is 110 cm³/mol. The molecule has 26 heavy (non-hydrogen) atoms. The molecule has 1 aromatic heterocycles. The molecule has 138 valence electrons. The summed E-state index contributed by atoms with van der Waals surface area (Å²) < 4.78 is 3.56. The lowest BCUT2D eigenvalue weighted by atomic mass is 9.94. The van der Waals surface area contributed by atoms with E-state index < -0.39 is 0 Å². The number of benzene rings is 1. The van der Waals surface area contributed by atoms with Crippen molar-refractivity contribution >= 4 is 23.5 Å². The van der Waals surface area contributed by atoms with Crippen molar-refractivity contribution < 1.29 is 4.79 Å². The number of hydrogen-bond donors (Lipinski definition) is 1. The summed E-state index contributed by atoms with van der Waals surface area (Å²) in [6.07, 6.45) is 5.27. The number of hydrogen-bond acceptors (Lipinski definition) is 4. The molecule has 0 spiro atoms. The van der Waals surface area contributed by atoms with E-state index in [4.69, 9.17) is 0 Å². The summed E-state index contributed by atoms with van der Waals surface area (Å²) in [6.45, 7) is 6.61. The smallest absolute Gasteiger partial charge is 0.227 e. The molecule has 1 aromatic carbocycles. The van der Waals surface area contributed by atoms with Crippen LogP contribution in [-0.2, 0) is 11.2 Å². The van der Waals surface area contributed by atoms with Gasteiger partial charge in [-0.1, -0.05) is 38.8 Å². The van der Waals surface area contributed by atoms with Crippen LogP contribution in [0.5, 0.6) is 0 Å². The minimum atomic E-state index is 0.188. The summed E-state index contributed by atoms with van der Waals surface area (Å²) in [4.78, 5) is 18.1. The fourth-order valence-corrected chi connectivity index (χ4v) is 4.14. The Morgan fingerprint density at radius 2 is 2.00 bits per heavy atom. The van der Waals surface area contributed by atoms with Crippen molar-refractivity contribution in [2.45, 2.75) is 39.7 Å². The zero-order chi connectivity index (χ0) is 18.7. The molecule has 1 unspecified atom stereocenters. The van der Waals surface area contributed by atoms with Crippen LogP contribution in [-0.4, -0.2) is 23.7 Å². The van der Waals surface area contributed by atoms with Crippen LogP contribution in [0.4, 0.5) is 5.69 Å². The van der Waals surface area contributed by atoms with Gasteiger partial charge in [0.2, 0.25) is 5.91 Å². The number of fused-ring (bicyclic) bond motifs is 1. The summed E-state index contributed by atoms with van der Waals surface area (Å²) >= 11 is 1.74. The van der Waals surface area contributed by atoms with Gasteiger partial charge in [0.25, 0.3) is 0 Å². The maximum atomic E-state index is 11.9. The number of nitrogens with one attached hydrogen (secondary N) is 1. The number of carbonyl (C=O) groups is 1. The minimum Gasteiger partial charge on any atom is -0.315 e. The first-order valence-corrected chi connectivity index (χ1v) is 10.2. The highest BCUT2D eigenvalue weighted by Crippen LogP contribution is 2.32. The molecule has 3 rings (SSSR count). The second kappa shape index (κ2) is 8.23. The Balaban J connectivity index is 1.92. The van der Waals surface area contributed by atoms with Crippen LogP contribution in [0.1, 0.15) is 44.4 Å². The second-order valence-electron chi connectivity index (χ2n) is 7.08. The fourth-order valence-electron chi connectivity index (χ4n) is 3.38. The number of amides is 1. The number of aryl methyl sites for hydroxylation is 1. The summed E-state index contributed by atoms with van der Waals surface area (Å²) in [5.41, 5.74) is 5.75. The van der Waals surface area contributed by atoms with Crippen LogP contribution in [0.15, 0.2) is 36.7 Å². The zero-order valence-electron chi connectivity index (χ0n) is 16.0. The summed E-state index contributed by atoms with van der Waals surface area (Å²) in [5, 5.41) is 0. The first kappa shape index (κ1) is 18.9. The number of aromatic nitrogens is 1. The highest BCUT2D eigenvalue weighted by molar-refractivity contribution is 7.97. The van der Waals surface area contributed by atoms with E-state index >= 15 is 0 Å². The molecule has 2 aromatic rings. The Morgan fingerprint density at radius 1 is 1.19 bits per heavy atom. The third kappa shape index (κ3) is 3.94. The third-order valence-electron chi connectivity index (χ3n) is 4.90. The summed E-state index contributed by atoms with van der Waals surface area (Å²) in [5.74, 6) is 1.70. The maximum absolute atomic E-state index is 11.9. The largest absolute Gasteiger partial charge is 0.315 e. The van der Waals surface area contributed by atoms with Crippen LogP contribution in [0.25, 0.3) is 11.1 Å². The molecule has 2 heterocycles. The molecule has 1 aliphatic heterocycles. The van der Waals surface area contributed by atoms with Crippen LogP contribution in [0.3, 0.4) is 0 Å². The van der Waals surface area contributed by atoms with Gasteiger partial charge in [-0.2, -0.15) is 0 Å². The normalized spacial score (nSPS) is 15.3. The molecule has 4 nitrogen and oxygen atoms in total. The van der Waals surface area contributed by atoms with Gasteiger partial charge in [-0.05, 0) is 47.2 Å². The maximum Gasteiger partial charge on any atom is 0.227 e. The van der Waals surface area contributed by atoms with E-state index in [-0.39, 0.29) is 11.9 Å². The first-order valence-electron chi connectivity index (χ1n) is 9.23. The number of nitrogens with zero attached hydrogens (tertiary/aromatic N) is 2. The van der Waals surface area contributed by atoms with Crippen LogP contribution in [0.2, 0.25) is 0 Å². The van der Waals surface area contributed by atoms with E-state index in [2.05, 4.69) is 54.7 Å². The molecular weight excluding hydrogens is 342 g/mol. The van der Waals surface area contributed by atoms with Crippen LogP contribution < -0.4 is 9.62 Å². The van der Waals surface area contributed by atoms with E-state index in [1.807, 2.05) is 19.4 Å². The Morgan fingerprint density at radius 3 is 2.73 bits per heavy atom. The van der Waals surface area contributed by atoms with E-state index in [0.717, 1.165) is 29.0 Å². The Hall–Kier alpha value is -1.85. The van der Waals surface area contributed by atoms with Crippen molar-refractivity contribution in [1.82, 2.24) is 9.71 Å². The van der Waals surface area contributed by atoms with Gasteiger partial charge >= 0.3 is 0 Å². The fraction of sp³-hybridized carbons (Fsp3) is 0.429. The Kier molecular flexibility index (Phi) is 5.99. The molecule has 1 aliphatic rings. The van der Waals surface area contributed by atoms with Gasteiger partial charge in [-0.15, -0.1) is 0 Å². The average molecular weight is 370 g/mol.